The van der Waals surface area contributed by atoms with E-state index in [-0.39, 0.29) is 11.7 Å². The molecule has 0 bridgehead atoms. The lowest BCUT2D eigenvalue weighted by atomic mass is 9.88. The SMILES string of the molecule is CCCCCCCCCCCCC(CC(C)=O)C1=CC(=O)OC1O. The van der Waals surface area contributed by atoms with Crippen LogP contribution in [0.2, 0.25) is 0 Å². The van der Waals surface area contributed by atoms with Crippen LogP contribution in [0.1, 0.15) is 90.9 Å². The second-order valence-corrected chi connectivity index (χ2v) is 7.01. The molecule has 0 spiro atoms. The van der Waals surface area contributed by atoms with E-state index in [4.69, 9.17) is 4.74 Å². The molecule has 1 aliphatic heterocycles. The van der Waals surface area contributed by atoms with E-state index < -0.39 is 12.3 Å². The molecule has 0 aliphatic carbocycles. The fraction of sp³-hybridized carbons (Fsp3) is 0.800. The van der Waals surface area contributed by atoms with Crippen molar-refractivity contribution in [1.29, 1.82) is 0 Å². The largest absolute Gasteiger partial charge is 0.429 e. The molecule has 138 valence electrons. The Morgan fingerprint density at radius 2 is 1.62 bits per heavy atom. The summed E-state index contributed by atoms with van der Waals surface area (Å²) in [6, 6.07) is 0. The fourth-order valence-corrected chi connectivity index (χ4v) is 3.35. The van der Waals surface area contributed by atoms with Crippen LogP contribution in [0.4, 0.5) is 0 Å². The number of hydrogen-bond acceptors (Lipinski definition) is 4. The summed E-state index contributed by atoms with van der Waals surface area (Å²) < 4.78 is 4.75. The summed E-state index contributed by atoms with van der Waals surface area (Å²) in [6.45, 7) is 3.79. The summed E-state index contributed by atoms with van der Waals surface area (Å²) >= 11 is 0. The highest BCUT2D eigenvalue weighted by atomic mass is 16.6. The number of unbranched alkanes of at least 4 members (excludes halogenated alkanes) is 9. The van der Waals surface area contributed by atoms with Crippen molar-refractivity contribution < 1.29 is 19.4 Å². The van der Waals surface area contributed by atoms with Gasteiger partial charge in [0.2, 0.25) is 6.29 Å². The second kappa shape index (κ2) is 12.2. The van der Waals surface area contributed by atoms with E-state index in [1.807, 2.05) is 0 Å². The quantitative estimate of drug-likeness (QED) is 0.368. The van der Waals surface area contributed by atoms with Crippen LogP contribution in [0.5, 0.6) is 0 Å². The lowest BCUT2D eigenvalue weighted by molar-refractivity contribution is -0.151. The van der Waals surface area contributed by atoms with Crippen molar-refractivity contribution in [3.05, 3.63) is 11.6 Å². The Bertz CT molecular complexity index is 414. The van der Waals surface area contributed by atoms with Crippen LogP contribution in [-0.2, 0) is 14.3 Å². The molecule has 2 unspecified atom stereocenters. The zero-order valence-corrected chi connectivity index (χ0v) is 15.4. The average Bonchev–Trinajstić information content (AvgIpc) is 2.86. The van der Waals surface area contributed by atoms with Crippen LogP contribution < -0.4 is 0 Å². The molecule has 0 aromatic rings. The maximum atomic E-state index is 11.4. The molecule has 1 rings (SSSR count). The molecule has 4 nitrogen and oxygen atoms in total. The first-order chi connectivity index (χ1) is 11.5. The van der Waals surface area contributed by atoms with E-state index in [0.717, 1.165) is 19.3 Å². The molecule has 0 amide bonds. The molecule has 0 radical (unpaired) electrons. The van der Waals surface area contributed by atoms with E-state index in [2.05, 4.69) is 6.92 Å². The zero-order chi connectivity index (χ0) is 17.8. The van der Waals surface area contributed by atoms with Crippen LogP contribution in [0, 0.1) is 5.92 Å². The second-order valence-electron chi connectivity index (χ2n) is 7.01. The van der Waals surface area contributed by atoms with Gasteiger partial charge in [-0.15, -0.1) is 0 Å². The number of hydrogen-bond donors (Lipinski definition) is 1. The van der Waals surface area contributed by atoms with Crippen molar-refractivity contribution in [2.45, 2.75) is 97.2 Å². The minimum absolute atomic E-state index is 0.0713. The molecular weight excluding hydrogens is 304 g/mol. The van der Waals surface area contributed by atoms with Gasteiger partial charge in [-0.3, -0.25) is 0 Å². The molecule has 1 heterocycles. The predicted molar refractivity (Wildman–Crippen MR) is 95.4 cm³/mol. The zero-order valence-electron chi connectivity index (χ0n) is 15.4. The third-order valence-corrected chi connectivity index (χ3v) is 4.71. The average molecular weight is 338 g/mol. The van der Waals surface area contributed by atoms with Gasteiger partial charge in [0.1, 0.15) is 5.78 Å². The first kappa shape index (κ1) is 20.9. The van der Waals surface area contributed by atoms with Crippen LogP contribution in [0.15, 0.2) is 11.6 Å². The molecule has 0 saturated heterocycles. The Hall–Kier alpha value is -1.16. The van der Waals surface area contributed by atoms with Gasteiger partial charge >= 0.3 is 5.97 Å². The van der Waals surface area contributed by atoms with Crippen LogP contribution >= 0.6 is 0 Å². The monoisotopic (exact) mass is 338 g/mol. The van der Waals surface area contributed by atoms with E-state index in [1.165, 1.54) is 57.4 Å². The number of cyclic esters (lactones) is 1. The number of esters is 1. The number of Topliss-reactive ketones (excluding diaryl/α,β-unsaturated/α-hetero) is 1. The molecule has 0 saturated carbocycles. The minimum atomic E-state index is -1.16. The topological polar surface area (TPSA) is 63.6 Å². The number of aliphatic hydroxyl groups is 1. The van der Waals surface area contributed by atoms with Crippen molar-refractivity contribution in [2.75, 3.05) is 0 Å². The summed E-state index contributed by atoms with van der Waals surface area (Å²) in [6.07, 6.45) is 14.1. The first-order valence-electron chi connectivity index (χ1n) is 9.64. The normalized spacial score (nSPS) is 18.4. The molecule has 0 aromatic heterocycles. The van der Waals surface area contributed by atoms with E-state index >= 15 is 0 Å². The smallest absolute Gasteiger partial charge is 0.333 e. The summed E-state index contributed by atoms with van der Waals surface area (Å²) in [5, 5.41) is 9.78. The maximum absolute atomic E-state index is 11.4. The Morgan fingerprint density at radius 3 is 2.08 bits per heavy atom. The number of ketones is 1. The molecule has 1 N–H and O–H groups in total. The van der Waals surface area contributed by atoms with Crippen molar-refractivity contribution in [3.63, 3.8) is 0 Å². The summed E-state index contributed by atoms with van der Waals surface area (Å²) in [5.41, 5.74) is 0.575. The minimum Gasteiger partial charge on any atom is -0.429 e. The molecule has 0 fully saturated rings. The van der Waals surface area contributed by atoms with Gasteiger partial charge in [0.15, 0.2) is 0 Å². The number of aliphatic hydroxyl groups excluding tert-OH is 1. The van der Waals surface area contributed by atoms with Gasteiger partial charge < -0.3 is 14.6 Å². The van der Waals surface area contributed by atoms with Crippen molar-refractivity contribution >= 4 is 11.8 Å². The van der Waals surface area contributed by atoms with Crippen molar-refractivity contribution in [2.24, 2.45) is 5.92 Å². The van der Waals surface area contributed by atoms with Gasteiger partial charge in [0, 0.05) is 18.1 Å². The highest BCUT2D eigenvalue weighted by molar-refractivity contribution is 5.86. The van der Waals surface area contributed by atoms with Crippen LogP contribution in [0.3, 0.4) is 0 Å². The predicted octanol–water partition coefficient (Wildman–Crippen LogP) is 4.69. The molecule has 1 aliphatic rings. The number of rotatable bonds is 14. The number of carbonyl (C=O) groups excluding carboxylic acids is 2. The van der Waals surface area contributed by atoms with Gasteiger partial charge in [0.25, 0.3) is 0 Å². The van der Waals surface area contributed by atoms with Gasteiger partial charge in [-0.05, 0) is 19.3 Å². The van der Waals surface area contributed by atoms with E-state index in [1.54, 1.807) is 6.92 Å². The standard InChI is InChI=1S/C20H34O4/c1-3-4-5-6-7-8-9-10-11-12-13-17(14-16(2)21)18-15-19(22)24-20(18)23/h15,17,20,23H,3-14H2,1-2H3. The van der Waals surface area contributed by atoms with Crippen LogP contribution in [-0.4, -0.2) is 23.1 Å². The Kier molecular flexibility index (Phi) is 10.6. The maximum Gasteiger partial charge on any atom is 0.333 e. The van der Waals surface area contributed by atoms with Crippen molar-refractivity contribution in [3.8, 4) is 0 Å². The highest BCUT2D eigenvalue weighted by Crippen LogP contribution is 2.29. The first-order valence-corrected chi connectivity index (χ1v) is 9.64. The Balaban J connectivity index is 2.18. The molecule has 0 aromatic carbocycles. The number of carbonyl (C=O) groups is 2. The third-order valence-electron chi connectivity index (χ3n) is 4.71. The molecule has 24 heavy (non-hydrogen) atoms. The van der Waals surface area contributed by atoms with E-state index in [9.17, 15) is 14.7 Å². The summed E-state index contributed by atoms with van der Waals surface area (Å²) in [4.78, 5) is 22.7. The van der Waals surface area contributed by atoms with Gasteiger partial charge in [-0.25, -0.2) is 4.79 Å². The number of ether oxygens (including phenoxy) is 1. The molecule has 2 atom stereocenters. The van der Waals surface area contributed by atoms with Crippen molar-refractivity contribution in [1.82, 2.24) is 0 Å². The van der Waals surface area contributed by atoms with Gasteiger partial charge in [-0.2, -0.15) is 0 Å². The lowest BCUT2D eigenvalue weighted by Crippen LogP contribution is -2.18. The van der Waals surface area contributed by atoms with Crippen LogP contribution in [0.25, 0.3) is 0 Å². The van der Waals surface area contributed by atoms with E-state index in [0.29, 0.717) is 12.0 Å². The lowest BCUT2D eigenvalue weighted by Gasteiger charge is -2.18. The fourth-order valence-electron chi connectivity index (χ4n) is 3.35. The Labute approximate surface area is 146 Å². The summed E-state index contributed by atoms with van der Waals surface area (Å²) in [5.74, 6) is -0.494. The Morgan fingerprint density at radius 1 is 1.08 bits per heavy atom. The molecular formula is C20H34O4. The van der Waals surface area contributed by atoms with Gasteiger partial charge in [0.05, 0.1) is 0 Å². The third kappa shape index (κ3) is 8.62. The summed E-state index contributed by atoms with van der Waals surface area (Å²) in [7, 11) is 0. The van der Waals surface area contributed by atoms with Gasteiger partial charge in [-0.1, -0.05) is 71.1 Å². The molecule has 4 heteroatoms. The highest BCUT2D eigenvalue weighted by Gasteiger charge is 2.30.